The van der Waals surface area contributed by atoms with Crippen molar-refractivity contribution in [2.24, 2.45) is 0 Å². The van der Waals surface area contributed by atoms with Gasteiger partial charge in [-0.3, -0.25) is 4.98 Å². The fraction of sp³-hybridized carbons (Fsp3) is 0.519. The molecule has 0 radical (unpaired) electrons. The summed E-state index contributed by atoms with van der Waals surface area (Å²) in [5.41, 5.74) is 2.45. The fourth-order valence-corrected chi connectivity index (χ4v) is 5.21. The minimum Gasteiger partial charge on any atom is -0.444 e. The summed E-state index contributed by atoms with van der Waals surface area (Å²) < 4.78 is 28.4. The Labute approximate surface area is 205 Å². The number of imidazole rings is 1. The lowest BCUT2D eigenvalue weighted by Crippen LogP contribution is -2.41. The van der Waals surface area contributed by atoms with Crippen LogP contribution in [-0.4, -0.2) is 38.9 Å². The molecule has 3 atom stereocenters. The predicted molar refractivity (Wildman–Crippen MR) is 132 cm³/mol. The predicted octanol–water partition coefficient (Wildman–Crippen LogP) is 6.10. The van der Waals surface area contributed by atoms with Gasteiger partial charge >= 0.3 is 6.09 Å². The molecule has 7 nitrogen and oxygen atoms in total. The number of hydrogen-bond acceptors (Lipinski definition) is 5. The molecule has 0 spiro atoms. The van der Waals surface area contributed by atoms with E-state index in [4.69, 9.17) is 14.5 Å². The number of carbonyl (C=O) groups is 1. The molecule has 3 heterocycles. The standard InChI is InChI=1S/C27H33FN4O3/c1-27(2,3)35-26(33)30-17-8-6-9-18(14-17)32-23-15-21(24-12-7-13-34-24)29-16-22(23)31-25(32)19-10-4-5-11-20(19)28/h4-5,10-11,15-18,24H,6-9,12-14H2,1-3H3,(H,30,33)/t17-,18+,24?/m0/s1. The van der Waals surface area contributed by atoms with Gasteiger partial charge in [-0.25, -0.2) is 14.2 Å². The number of pyridine rings is 1. The molecule has 1 N–H and O–H groups in total. The van der Waals surface area contributed by atoms with Crippen LogP contribution in [-0.2, 0) is 9.47 Å². The van der Waals surface area contributed by atoms with Gasteiger partial charge in [-0.05, 0) is 77.5 Å². The molecule has 1 unspecified atom stereocenters. The third-order valence-corrected chi connectivity index (χ3v) is 6.70. The van der Waals surface area contributed by atoms with Gasteiger partial charge in [0.15, 0.2) is 0 Å². The fourth-order valence-electron chi connectivity index (χ4n) is 5.21. The summed E-state index contributed by atoms with van der Waals surface area (Å²) in [5.74, 6) is 0.280. The van der Waals surface area contributed by atoms with Crippen LogP contribution < -0.4 is 5.32 Å². The van der Waals surface area contributed by atoms with Gasteiger partial charge in [0.2, 0.25) is 0 Å². The Balaban J connectivity index is 1.52. The third-order valence-electron chi connectivity index (χ3n) is 6.70. The number of nitrogens with one attached hydrogen (secondary N) is 1. The highest BCUT2D eigenvalue weighted by molar-refractivity contribution is 5.81. The van der Waals surface area contributed by atoms with Crippen molar-refractivity contribution in [3.63, 3.8) is 0 Å². The van der Waals surface area contributed by atoms with Crippen molar-refractivity contribution in [1.29, 1.82) is 0 Å². The largest absolute Gasteiger partial charge is 0.444 e. The number of nitrogens with zero attached hydrogens (tertiary/aromatic N) is 3. The van der Waals surface area contributed by atoms with Crippen molar-refractivity contribution in [2.75, 3.05) is 6.61 Å². The van der Waals surface area contributed by atoms with Crippen molar-refractivity contribution in [1.82, 2.24) is 19.9 Å². The number of amides is 1. The number of carbonyl (C=O) groups excluding carboxylic acids is 1. The maximum Gasteiger partial charge on any atom is 0.407 e. The van der Waals surface area contributed by atoms with Gasteiger partial charge in [0, 0.05) is 18.7 Å². The maximum absolute atomic E-state index is 14.9. The van der Waals surface area contributed by atoms with Crippen LogP contribution in [0.2, 0.25) is 0 Å². The van der Waals surface area contributed by atoms with Gasteiger partial charge in [-0.2, -0.15) is 0 Å². The lowest BCUT2D eigenvalue weighted by molar-refractivity contribution is 0.0486. The van der Waals surface area contributed by atoms with Gasteiger partial charge in [-0.1, -0.05) is 12.1 Å². The molecule has 5 rings (SSSR count). The second-order valence-electron chi connectivity index (χ2n) is 10.5. The number of rotatable bonds is 4. The number of fused-ring (bicyclic) bond motifs is 1. The highest BCUT2D eigenvalue weighted by Gasteiger charge is 2.30. The average Bonchev–Trinajstić information content (AvgIpc) is 3.46. The highest BCUT2D eigenvalue weighted by Crippen LogP contribution is 2.38. The average molecular weight is 481 g/mol. The highest BCUT2D eigenvalue weighted by atomic mass is 19.1. The smallest absolute Gasteiger partial charge is 0.407 e. The number of alkyl carbamates (subject to hydrolysis) is 1. The van der Waals surface area contributed by atoms with Gasteiger partial charge in [0.1, 0.15) is 22.8 Å². The molecule has 1 aromatic carbocycles. The topological polar surface area (TPSA) is 78.3 Å². The van der Waals surface area contributed by atoms with Crippen LogP contribution >= 0.6 is 0 Å². The Hall–Kier alpha value is -3.00. The summed E-state index contributed by atoms with van der Waals surface area (Å²) in [6.45, 7) is 6.31. The molecule has 35 heavy (non-hydrogen) atoms. The summed E-state index contributed by atoms with van der Waals surface area (Å²) in [7, 11) is 0. The molecule has 2 aromatic heterocycles. The first-order valence-electron chi connectivity index (χ1n) is 12.5. The summed E-state index contributed by atoms with van der Waals surface area (Å²) in [4.78, 5) is 21.9. The van der Waals surface area contributed by atoms with Gasteiger partial charge in [-0.15, -0.1) is 0 Å². The minimum atomic E-state index is -0.553. The molecule has 2 fully saturated rings. The molecular weight excluding hydrogens is 447 g/mol. The van der Waals surface area contributed by atoms with Crippen LogP contribution in [0.3, 0.4) is 0 Å². The normalized spacial score (nSPS) is 22.9. The molecular formula is C27H33FN4O3. The Kier molecular flexibility index (Phi) is 6.49. The molecule has 0 bridgehead atoms. The van der Waals surface area contributed by atoms with Crippen LogP contribution in [0, 0.1) is 5.82 Å². The van der Waals surface area contributed by atoms with Crippen molar-refractivity contribution in [2.45, 2.75) is 83.1 Å². The SMILES string of the molecule is CC(C)(C)OC(=O)N[C@H]1CCC[C@@H](n2c(-c3ccccc3F)nc3cnc(C4CCCO4)cc32)C1. The number of ether oxygens (including phenoxy) is 2. The molecule has 1 aliphatic carbocycles. The minimum absolute atomic E-state index is 0.0207. The van der Waals surface area contributed by atoms with E-state index in [9.17, 15) is 9.18 Å². The van der Waals surface area contributed by atoms with Crippen LogP contribution in [0.4, 0.5) is 9.18 Å². The van der Waals surface area contributed by atoms with Crippen LogP contribution in [0.15, 0.2) is 36.5 Å². The van der Waals surface area contributed by atoms with E-state index in [0.717, 1.165) is 55.4 Å². The molecule has 1 saturated carbocycles. The van der Waals surface area contributed by atoms with E-state index < -0.39 is 11.7 Å². The second-order valence-corrected chi connectivity index (χ2v) is 10.5. The lowest BCUT2D eigenvalue weighted by atomic mass is 9.90. The van der Waals surface area contributed by atoms with Crippen LogP contribution in [0.1, 0.15) is 77.1 Å². The zero-order valence-corrected chi connectivity index (χ0v) is 20.6. The first-order chi connectivity index (χ1) is 16.8. The molecule has 3 aromatic rings. The van der Waals surface area contributed by atoms with Gasteiger partial charge < -0.3 is 19.4 Å². The van der Waals surface area contributed by atoms with Crippen LogP contribution in [0.5, 0.6) is 0 Å². The van der Waals surface area contributed by atoms with Gasteiger partial charge in [0.05, 0.1) is 29.1 Å². The Morgan fingerprint density at radius 2 is 2.03 bits per heavy atom. The number of benzene rings is 1. The van der Waals surface area contributed by atoms with Gasteiger partial charge in [0.25, 0.3) is 0 Å². The van der Waals surface area contributed by atoms with E-state index >= 15 is 0 Å². The van der Waals surface area contributed by atoms with Crippen molar-refractivity contribution in [3.05, 3.63) is 48.0 Å². The number of aromatic nitrogens is 3. The van der Waals surface area contributed by atoms with Crippen molar-refractivity contribution in [3.8, 4) is 11.4 Å². The van der Waals surface area contributed by atoms with E-state index in [1.807, 2.05) is 32.9 Å². The summed E-state index contributed by atoms with van der Waals surface area (Å²) >= 11 is 0. The van der Waals surface area contributed by atoms with Crippen molar-refractivity contribution >= 4 is 17.1 Å². The second kappa shape index (κ2) is 9.57. The van der Waals surface area contributed by atoms with E-state index in [-0.39, 0.29) is 24.0 Å². The molecule has 8 heteroatoms. The quantitative estimate of drug-likeness (QED) is 0.488. The molecule has 2 aliphatic rings. The van der Waals surface area contributed by atoms with E-state index in [1.165, 1.54) is 6.07 Å². The Morgan fingerprint density at radius 1 is 1.20 bits per heavy atom. The molecule has 186 valence electrons. The van der Waals surface area contributed by atoms with E-state index in [1.54, 1.807) is 18.3 Å². The first-order valence-corrected chi connectivity index (χ1v) is 12.5. The number of halogens is 1. The summed E-state index contributed by atoms with van der Waals surface area (Å²) in [6.07, 6.45) is 6.74. The zero-order valence-electron chi connectivity index (χ0n) is 20.6. The third kappa shape index (κ3) is 5.17. The lowest BCUT2D eigenvalue weighted by Gasteiger charge is -2.32. The van der Waals surface area contributed by atoms with Crippen molar-refractivity contribution < 1.29 is 18.7 Å². The number of hydrogen-bond donors (Lipinski definition) is 1. The molecule has 1 aliphatic heterocycles. The maximum atomic E-state index is 14.9. The summed E-state index contributed by atoms with van der Waals surface area (Å²) in [5, 5.41) is 3.04. The van der Waals surface area contributed by atoms with E-state index in [0.29, 0.717) is 17.8 Å². The zero-order chi connectivity index (χ0) is 24.6. The monoisotopic (exact) mass is 480 g/mol. The first kappa shape index (κ1) is 23.7. The molecule has 1 amide bonds. The molecule has 1 saturated heterocycles. The Bertz CT molecular complexity index is 1210. The summed E-state index contributed by atoms with van der Waals surface area (Å²) in [6, 6.07) is 8.80. The van der Waals surface area contributed by atoms with Crippen LogP contribution in [0.25, 0.3) is 22.4 Å². The van der Waals surface area contributed by atoms with E-state index in [2.05, 4.69) is 14.9 Å². The Morgan fingerprint density at radius 3 is 2.77 bits per heavy atom.